The van der Waals surface area contributed by atoms with Crippen LogP contribution in [0.4, 0.5) is 5.69 Å². The van der Waals surface area contributed by atoms with Gasteiger partial charge >= 0.3 is 5.97 Å². The van der Waals surface area contributed by atoms with Gasteiger partial charge in [0.2, 0.25) is 0 Å². The van der Waals surface area contributed by atoms with Crippen molar-refractivity contribution in [3.63, 3.8) is 0 Å². The number of esters is 1. The van der Waals surface area contributed by atoms with Gasteiger partial charge in [0.25, 0.3) is 11.2 Å². The molecule has 1 heterocycles. The summed E-state index contributed by atoms with van der Waals surface area (Å²) in [6, 6.07) is 20.0. The van der Waals surface area contributed by atoms with Gasteiger partial charge in [-0.2, -0.15) is 0 Å². The topological polar surface area (TPSA) is 104 Å². The Morgan fingerprint density at radius 2 is 1.88 bits per heavy atom. The first-order valence-corrected chi connectivity index (χ1v) is 10.5. The highest BCUT2D eigenvalue weighted by Crippen LogP contribution is 2.26. The first-order chi connectivity index (χ1) is 15.5. The van der Waals surface area contributed by atoms with E-state index in [1.165, 1.54) is 47.7 Å². The van der Waals surface area contributed by atoms with Crippen LogP contribution in [0.3, 0.4) is 0 Å². The fourth-order valence-electron chi connectivity index (χ4n) is 3.22. The lowest BCUT2D eigenvalue weighted by molar-refractivity contribution is -0.384. The molecule has 9 heteroatoms. The molecule has 4 aromatic rings. The van der Waals surface area contributed by atoms with E-state index in [-0.39, 0.29) is 11.2 Å². The van der Waals surface area contributed by atoms with Crippen LogP contribution in [0.15, 0.2) is 82.7 Å². The van der Waals surface area contributed by atoms with Gasteiger partial charge in [-0.05, 0) is 35.9 Å². The number of benzene rings is 3. The first-order valence-electron chi connectivity index (χ1n) is 9.54. The minimum atomic E-state index is -0.522. The molecule has 160 valence electrons. The summed E-state index contributed by atoms with van der Waals surface area (Å²) in [6.07, 6.45) is 0. The fourth-order valence-corrected chi connectivity index (χ4v) is 4.18. The summed E-state index contributed by atoms with van der Waals surface area (Å²) in [5, 5.41) is 11.8. The number of nitro groups is 1. The second kappa shape index (κ2) is 9.03. The molecule has 0 aliphatic carbocycles. The first kappa shape index (κ1) is 21.3. The summed E-state index contributed by atoms with van der Waals surface area (Å²) >= 11 is 1.28. The number of rotatable bonds is 6. The van der Waals surface area contributed by atoms with E-state index in [4.69, 9.17) is 4.74 Å². The summed E-state index contributed by atoms with van der Waals surface area (Å²) < 4.78 is 6.27. The van der Waals surface area contributed by atoms with Crippen molar-refractivity contribution < 1.29 is 14.5 Å². The standard InChI is InChI=1S/C23H17N3O5S/c1-31-22(28)16-10-11-19-20(13-16)24-23(25(21(19)27)17-7-3-2-4-8-17)32-14-15-6-5-9-18(12-15)26(29)30/h2-13H,14H2,1H3. The summed E-state index contributed by atoms with van der Waals surface area (Å²) in [5.74, 6) is -0.157. The zero-order valence-electron chi connectivity index (χ0n) is 16.9. The molecule has 3 aromatic carbocycles. The van der Waals surface area contributed by atoms with Gasteiger partial charge in [0.05, 0.1) is 34.2 Å². The predicted octanol–water partition coefficient (Wildman–Crippen LogP) is 4.37. The van der Waals surface area contributed by atoms with Gasteiger partial charge in [0.1, 0.15) is 0 Å². The van der Waals surface area contributed by atoms with Crippen molar-refractivity contribution >= 4 is 34.3 Å². The van der Waals surface area contributed by atoms with Gasteiger partial charge in [-0.25, -0.2) is 9.78 Å². The van der Waals surface area contributed by atoms with Crippen LogP contribution in [0.25, 0.3) is 16.6 Å². The summed E-state index contributed by atoms with van der Waals surface area (Å²) in [6.45, 7) is 0. The van der Waals surface area contributed by atoms with Crippen molar-refractivity contribution in [1.82, 2.24) is 9.55 Å². The molecular formula is C23H17N3O5S. The lowest BCUT2D eigenvalue weighted by atomic mass is 10.1. The Bertz CT molecular complexity index is 1390. The SMILES string of the molecule is COC(=O)c1ccc2c(=O)n(-c3ccccc3)c(SCc3cccc([N+](=O)[O-])c3)nc2c1. The molecular weight excluding hydrogens is 430 g/mol. The molecule has 0 unspecified atom stereocenters. The predicted molar refractivity (Wildman–Crippen MR) is 121 cm³/mol. The zero-order valence-corrected chi connectivity index (χ0v) is 17.7. The van der Waals surface area contributed by atoms with Gasteiger partial charge in [-0.1, -0.05) is 42.1 Å². The van der Waals surface area contributed by atoms with Crippen molar-refractivity contribution in [2.75, 3.05) is 7.11 Å². The number of hydrogen-bond acceptors (Lipinski definition) is 7. The average molecular weight is 447 g/mol. The van der Waals surface area contributed by atoms with Crippen LogP contribution < -0.4 is 5.56 Å². The number of ether oxygens (including phenoxy) is 1. The third kappa shape index (κ3) is 4.23. The molecule has 0 saturated heterocycles. The van der Waals surface area contributed by atoms with Crippen LogP contribution in [0.2, 0.25) is 0 Å². The quantitative estimate of drug-likeness (QED) is 0.142. The summed E-state index contributed by atoms with van der Waals surface area (Å²) in [4.78, 5) is 40.6. The molecule has 0 radical (unpaired) electrons. The summed E-state index contributed by atoms with van der Waals surface area (Å²) in [7, 11) is 1.29. The molecule has 4 rings (SSSR count). The molecule has 0 aliphatic heterocycles. The lowest BCUT2D eigenvalue weighted by Gasteiger charge is -2.13. The Kier molecular flexibility index (Phi) is 6.00. The maximum atomic E-state index is 13.4. The minimum absolute atomic E-state index is 0.00209. The van der Waals surface area contributed by atoms with Crippen molar-refractivity contribution in [2.45, 2.75) is 10.9 Å². The highest BCUT2D eigenvalue weighted by Gasteiger charge is 2.16. The minimum Gasteiger partial charge on any atom is -0.465 e. The molecule has 0 atom stereocenters. The van der Waals surface area contributed by atoms with Crippen LogP contribution in [-0.4, -0.2) is 27.6 Å². The number of thioether (sulfide) groups is 1. The number of non-ortho nitro benzene ring substituents is 1. The normalized spacial score (nSPS) is 10.8. The van der Waals surface area contributed by atoms with Gasteiger partial charge in [-0.3, -0.25) is 19.5 Å². The number of nitrogens with zero attached hydrogens (tertiary/aromatic N) is 3. The number of aromatic nitrogens is 2. The van der Waals surface area contributed by atoms with Crippen molar-refractivity contribution in [1.29, 1.82) is 0 Å². The van der Waals surface area contributed by atoms with Gasteiger partial charge < -0.3 is 4.74 Å². The molecule has 8 nitrogen and oxygen atoms in total. The van der Waals surface area contributed by atoms with Crippen molar-refractivity contribution in [3.8, 4) is 5.69 Å². The smallest absolute Gasteiger partial charge is 0.337 e. The van der Waals surface area contributed by atoms with E-state index in [0.717, 1.165) is 5.56 Å². The Morgan fingerprint density at radius 1 is 1.09 bits per heavy atom. The van der Waals surface area contributed by atoms with E-state index in [2.05, 4.69) is 4.98 Å². The van der Waals surface area contributed by atoms with Crippen LogP contribution in [0.1, 0.15) is 15.9 Å². The molecule has 0 fully saturated rings. The fraction of sp³-hybridized carbons (Fsp3) is 0.0870. The largest absolute Gasteiger partial charge is 0.465 e. The number of carbonyl (C=O) groups is 1. The highest BCUT2D eigenvalue weighted by molar-refractivity contribution is 7.98. The molecule has 32 heavy (non-hydrogen) atoms. The van der Waals surface area contributed by atoms with E-state index in [1.807, 2.05) is 18.2 Å². The van der Waals surface area contributed by atoms with Crippen LogP contribution in [-0.2, 0) is 10.5 Å². The third-order valence-electron chi connectivity index (χ3n) is 4.76. The van der Waals surface area contributed by atoms with Gasteiger partial charge in [0, 0.05) is 17.9 Å². The monoisotopic (exact) mass is 447 g/mol. The Morgan fingerprint density at radius 3 is 2.59 bits per heavy atom. The van der Waals surface area contributed by atoms with E-state index >= 15 is 0 Å². The molecule has 0 bridgehead atoms. The number of methoxy groups -OCH3 is 1. The zero-order chi connectivity index (χ0) is 22.7. The second-order valence-corrected chi connectivity index (χ2v) is 7.75. The molecule has 0 saturated carbocycles. The molecule has 0 spiro atoms. The second-order valence-electron chi connectivity index (χ2n) is 6.81. The Labute approximate surface area is 186 Å². The van der Waals surface area contributed by atoms with E-state index < -0.39 is 10.9 Å². The van der Waals surface area contributed by atoms with Crippen LogP contribution in [0, 0.1) is 10.1 Å². The van der Waals surface area contributed by atoms with Gasteiger partial charge in [0.15, 0.2) is 5.16 Å². The van der Waals surface area contributed by atoms with Crippen LogP contribution in [0.5, 0.6) is 0 Å². The summed E-state index contributed by atoms with van der Waals surface area (Å²) in [5.41, 5.74) is 1.74. The van der Waals surface area contributed by atoms with E-state index in [0.29, 0.717) is 33.1 Å². The Hall–Kier alpha value is -3.98. The van der Waals surface area contributed by atoms with Gasteiger partial charge in [-0.15, -0.1) is 0 Å². The van der Waals surface area contributed by atoms with Crippen molar-refractivity contribution in [2.24, 2.45) is 0 Å². The van der Waals surface area contributed by atoms with Crippen LogP contribution >= 0.6 is 11.8 Å². The third-order valence-corrected chi connectivity index (χ3v) is 5.77. The van der Waals surface area contributed by atoms with E-state index in [9.17, 15) is 19.7 Å². The maximum Gasteiger partial charge on any atom is 0.337 e. The molecule has 0 N–H and O–H groups in total. The number of nitro benzene ring substituents is 1. The average Bonchev–Trinajstić information content (AvgIpc) is 2.82. The number of para-hydroxylation sites is 1. The Balaban J connectivity index is 1.82. The molecule has 1 aromatic heterocycles. The molecule has 0 amide bonds. The van der Waals surface area contributed by atoms with E-state index in [1.54, 1.807) is 30.3 Å². The highest BCUT2D eigenvalue weighted by atomic mass is 32.2. The number of fused-ring (bicyclic) bond motifs is 1. The number of carbonyl (C=O) groups excluding carboxylic acids is 1. The molecule has 0 aliphatic rings. The maximum absolute atomic E-state index is 13.4. The number of hydrogen-bond donors (Lipinski definition) is 0. The van der Waals surface area contributed by atoms with Crippen molar-refractivity contribution in [3.05, 3.63) is 104 Å². The lowest BCUT2D eigenvalue weighted by Crippen LogP contribution is -2.22.